The van der Waals surface area contributed by atoms with Gasteiger partial charge >= 0.3 is 5.97 Å². The van der Waals surface area contributed by atoms with E-state index in [9.17, 15) is 4.79 Å². The number of halogens is 1. The molecule has 3 nitrogen and oxygen atoms in total. The van der Waals surface area contributed by atoms with Crippen LogP contribution in [-0.2, 0) is 14.3 Å². The largest absolute Gasteiger partial charge is 0.449 e. The van der Waals surface area contributed by atoms with Crippen LogP contribution < -0.4 is 0 Å². The van der Waals surface area contributed by atoms with Crippen LogP contribution in [0.25, 0.3) is 0 Å². The highest BCUT2D eigenvalue weighted by Crippen LogP contribution is 2.18. The number of carbonyl (C=O) groups excluding carboxylic acids is 1. The molecule has 0 amide bonds. The van der Waals surface area contributed by atoms with E-state index in [0.717, 1.165) is 32.5 Å². The fourth-order valence-electron chi connectivity index (χ4n) is 1.49. The molecule has 0 bridgehead atoms. The van der Waals surface area contributed by atoms with Crippen LogP contribution in [0, 0.1) is 5.92 Å². The summed E-state index contributed by atoms with van der Waals surface area (Å²) in [7, 11) is 0. The van der Waals surface area contributed by atoms with Gasteiger partial charge in [0.15, 0.2) is 6.07 Å². The maximum absolute atomic E-state index is 10.9. The second-order valence-electron chi connectivity index (χ2n) is 3.25. The molecule has 0 saturated carbocycles. The van der Waals surface area contributed by atoms with Crippen LogP contribution in [0.5, 0.6) is 0 Å². The van der Waals surface area contributed by atoms with Gasteiger partial charge in [-0.3, -0.25) is 4.79 Å². The summed E-state index contributed by atoms with van der Waals surface area (Å²) in [5.41, 5.74) is 0. The highest BCUT2D eigenvalue weighted by Gasteiger charge is 2.15. The second-order valence-corrected chi connectivity index (χ2v) is 3.47. The van der Waals surface area contributed by atoms with Crippen molar-refractivity contribution >= 4 is 17.6 Å². The Morgan fingerprint density at radius 2 is 2.46 bits per heavy atom. The van der Waals surface area contributed by atoms with Gasteiger partial charge in [-0.15, -0.1) is 0 Å². The highest BCUT2D eigenvalue weighted by molar-refractivity contribution is 6.17. The first-order chi connectivity index (χ1) is 6.33. The molecule has 1 unspecified atom stereocenters. The fraction of sp³-hybridized carbons (Fsp3) is 0.889. The molecule has 0 aromatic heterocycles. The van der Waals surface area contributed by atoms with Gasteiger partial charge in [0.1, 0.15) is 0 Å². The number of hydrogen-bond donors (Lipinski definition) is 0. The third-order valence-corrected chi connectivity index (χ3v) is 2.34. The molecule has 0 aromatic carbocycles. The van der Waals surface area contributed by atoms with Gasteiger partial charge in [-0.1, -0.05) is 11.6 Å². The van der Waals surface area contributed by atoms with E-state index in [1.807, 2.05) is 0 Å². The molecule has 0 aromatic rings. The van der Waals surface area contributed by atoms with Crippen LogP contribution in [0.3, 0.4) is 0 Å². The summed E-state index contributed by atoms with van der Waals surface area (Å²) in [6.45, 7) is 1.65. The van der Waals surface area contributed by atoms with E-state index in [1.54, 1.807) is 0 Å². The first kappa shape index (κ1) is 10.8. The van der Waals surface area contributed by atoms with Crippen LogP contribution in [0.1, 0.15) is 25.7 Å². The predicted octanol–water partition coefficient (Wildman–Crippen LogP) is 1.93. The zero-order chi connectivity index (χ0) is 9.52. The van der Waals surface area contributed by atoms with Gasteiger partial charge in [0.25, 0.3) is 0 Å². The van der Waals surface area contributed by atoms with Crippen molar-refractivity contribution in [2.45, 2.75) is 25.7 Å². The zero-order valence-corrected chi connectivity index (χ0v) is 8.39. The molecule has 0 aliphatic carbocycles. The SMILES string of the molecule is O=C(CCC1CCCOC1)OCCl. The van der Waals surface area contributed by atoms with E-state index in [4.69, 9.17) is 16.3 Å². The van der Waals surface area contributed by atoms with E-state index in [0.29, 0.717) is 12.3 Å². The first-order valence-corrected chi connectivity index (χ1v) is 5.15. The molecule has 0 N–H and O–H groups in total. The summed E-state index contributed by atoms with van der Waals surface area (Å²) in [5, 5.41) is 0. The van der Waals surface area contributed by atoms with Crippen LogP contribution in [0.2, 0.25) is 0 Å². The Labute approximate surface area is 83.3 Å². The van der Waals surface area contributed by atoms with E-state index < -0.39 is 0 Å². The Hall–Kier alpha value is -0.280. The predicted molar refractivity (Wildman–Crippen MR) is 49.6 cm³/mol. The molecule has 1 aliphatic rings. The summed E-state index contributed by atoms with van der Waals surface area (Å²) >= 11 is 5.25. The zero-order valence-electron chi connectivity index (χ0n) is 7.63. The minimum Gasteiger partial charge on any atom is -0.449 e. The van der Waals surface area contributed by atoms with Gasteiger partial charge in [0.05, 0.1) is 0 Å². The minimum absolute atomic E-state index is 0.0417. The van der Waals surface area contributed by atoms with Crippen LogP contribution in [0.4, 0.5) is 0 Å². The lowest BCUT2D eigenvalue weighted by molar-refractivity contribution is -0.142. The summed E-state index contributed by atoms with van der Waals surface area (Å²) in [4.78, 5) is 10.9. The Balaban J connectivity index is 2.06. The van der Waals surface area contributed by atoms with Crippen LogP contribution >= 0.6 is 11.6 Å². The van der Waals surface area contributed by atoms with Crippen molar-refractivity contribution in [1.29, 1.82) is 0 Å². The molecule has 1 rings (SSSR count). The van der Waals surface area contributed by atoms with E-state index in [1.165, 1.54) is 0 Å². The van der Waals surface area contributed by atoms with Crippen LogP contribution in [-0.4, -0.2) is 25.2 Å². The van der Waals surface area contributed by atoms with Crippen molar-refractivity contribution in [3.8, 4) is 0 Å². The van der Waals surface area contributed by atoms with Crippen LogP contribution in [0.15, 0.2) is 0 Å². The maximum Gasteiger partial charge on any atom is 0.306 e. The topological polar surface area (TPSA) is 35.5 Å². The van der Waals surface area contributed by atoms with Gasteiger partial charge in [-0.2, -0.15) is 0 Å². The molecule has 13 heavy (non-hydrogen) atoms. The van der Waals surface area contributed by atoms with Crippen molar-refractivity contribution in [2.24, 2.45) is 5.92 Å². The van der Waals surface area contributed by atoms with Crippen molar-refractivity contribution in [3.05, 3.63) is 0 Å². The smallest absolute Gasteiger partial charge is 0.306 e. The molecular weight excluding hydrogens is 192 g/mol. The summed E-state index contributed by atoms with van der Waals surface area (Å²) in [5.74, 6) is 0.317. The molecule has 1 fully saturated rings. The lowest BCUT2D eigenvalue weighted by Crippen LogP contribution is -2.18. The average molecular weight is 207 g/mol. The van der Waals surface area contributed by atoms with Crippen molar-refractivity contribution in [2.75, 3.05) is 19.3 Å². The third kappa shape index (κ3) is 4.48. The maximum atomic E-state index is 10.9. The summed E-state index contributed by atoms with van der Waals surface area (Å²) in [6.07, 6.45) is 3.58. The molecule has 4 heteroatoms. The number of ether oxygens (including phenoxy) is 2. The second kappa shape index (κ2) is 6.22. The van der Waals surface area contributed by atoms with Crippen molar-refractivity contribution in [1.82, 2.24) is 0 Å². The van der Waals surface area contributed by atoms with E-state index >= 15 is 0 Å². The lowest BCUT2D eigenvalue weighted by atomic mass is 9.97. The lowest BCUT2D eigenvalue weighted by Gasteiger charge is -2.21. The highest BCUT2D eigenvalue weighted by atomic mass is 35.5. The summed E-state index contributed by atoms with van der Waals surface area (Å²) < 4.78 is 9.91. The Morgan fingerprint density at radius 1 is 1.62 bits per heavy atom. The van der Waals surface area contributed by atoms with E-state index in [-0.39, 0.29) is 12.0 Å². The average Bonchev–Trinajstić information content (AvgIpc) is 2.17. The molecule has 1 aliphatic heterocycles. The molecule has 0 spiro atoms. The third-order valence-electron chi connectivity index (χ3n) is 2.23. The standard InChI is InChI=1S/C9H15ClO3/c10-7-13-9(11)4-3-8-2-1-5-12-6-8/h8H,1-7H2. The number of esters is 1. The molecule has 1 heterocycles. The Kier molecular flexibility index (Phi) is 5.16. The number of carbonyl (C=O) groups is 1. The number of alkyl halides is 1. The molecule has 1 saturated heterocycles. The molecule has 0 radical (unpaired) electrons. The number of rotatable bonds is 4. The minimum atomic E-state index is -0.208. The Morgan fingerprint density at radius 3 is 3.08 bits per heavy atom. The van der Waals surface area contributed by atoms with Gasteiger partial charge in [-0.05, 0) is 25.2 Å². The molecule has 1 atom stereocenters. The fourth-order valence-corrected chi connectivity index (χ4v) is 1.61. The van der Waals surface area contributed by atoms with Gasteiger partial charge in [0.2, 0.25) is 0 Å². The normalized spacial score (nSPS) is 22.7. The molecule has 76 valence electrons. The van der Waals surface area contributed by atoms with Gasteiger partial charge in [-0.25, -0.2) is 0 Å². The van der Waals surface area contributed by atoms with Crippen molar-refractivity contribution < 1.29 is 14.3 Å². The first-order valence-electron chi connectivity index (χ1n) is 4.62. The molecular formula is C9H15ClO3. The van der Waals surface area contributed by atoms with Gasteiger partial charge in [0, 0.05) is 19.6 Å². The summed E-state index contributed by atoms with van der Waals surface area (Å²) in [6, 6.07) is -0.0417. The quantitative estimate of drug-likeness (QED) is 0.521. The van der Waals surface area contributed by atoms with Gasteiger partial charge < -0.3 is 9.47 Å². The monoisotopic (exact) mass is 206 g/mol. The van der Waals surface area contributed by atoms with Crippen molar-refractivity contribution in [3.63, 3.8) is 0 Å². The van der Waals surface area contributed by atoms with E-state index in [2.05, 4.69) is 4.74 Å². The number of hydrogen-bond acceptors (Lipinski definition) is 3. The Bertz CT molecular complexity index is 155.